The Balaban J connectivity index is 1.43. The maximum absolute atomic E-state index is 12.3. The van der Waals surface area contributed by atoms with E-state index < -0.39 is 0 Å². The normalized spacial score (nSPS) is 14.0. The van der Waals surface area contributed by atoms with E-state index in [0.717, 1.165) is 35.1 Å². The Labute approximate surface area is 143 Å². The summed E-state index contributed by atoms with van der Waals surface area (Å²) in [5, 5.41) is 13.8. The van der Waals surface area contributed by atoms with Crippen molar-refractivity contribution < 1.29 is 4.79 Å². The van der Waals surface area contributed by atoms with Gasteiger partial charge < -0.3 is 11.2 Å². The summed E-state index contributed by atoms with van der Waals surface area (Å²) in [7, 11) is 0. The number of carbonyl (C=O) groups excluding carboxylic acids is 1. The van der Waals surface area contributed by atoms with Gasteiger partial charge in [0, 0.05) is 17.0 Å². The van der Waals surface area contributed by atoms with Crippen LogP contribution in [0.3, 0.4) is 0 Å². The highest BCUT2D eigenvalue weighted by molar-refractivity contribution is 7.99. The Morgan fingerprint density at radius 1 is 1.21 bits per heavy atom. The topological polar surface area (TPSA) is 85.8 Å². The Hall–Kier alpha value is -2.54. The van der Waals surface area contributed by atoms with E-state index >= 15 is 0 Å². The lowest BCUT2D eigenvalue weighted by Gasteiger charge is -2.08. The molecular weight excluding hydrogens is 322 g/mol. The van der Waals surface area contributed by atoms with Crippen LogP contribution in [-0.4, -0.2) is 26.5 Å². The van der Waals surface area contributed by atoms with E-state index in [-0.39, 0.29) is 11.7 Å². The molecule has 1 saturated carbocycles. The fourth-order valence-corrected chi connectivity index (χ4v) is 3.32. The molecule has 0 unspecified atom stereocenters. The zero-order valence-corrected chi connectivity index (χ0v) is 13.8. The van der Waals surface area contributed by atoms with Gasteiger partial charge in [-0.05, 0) is 24.3 Å². The summed E-state index contributed by atoms with van der Waals surface area (Å²) < 4.78 is 1.51. The summed E-state index contributed by atoms with van der Waals surface area (Å²) in [6.45, 7) is 0. The average molecular weight is 339 g/mol. The summed E-state index contributed by atoms with van der Waals surface area (Å²) in [6, 6.07) is 13.8. The highest BCUT2D eigenvalue weighted by Gasteiger charge is 2.30. The van der Waals surface area contributed by atoms with E-state index in [1.807, 2.05) is 42.5 Å². The lowest BCUT2D eigenvalue weighted by Crippen LogP contribution is -2.17. The molecule has 122 valence electrons. The van der Waals surface area contributed by atoms with Crippen LogP contribution in [0.25, 0.3) is 10.8 Å². The number of rotatable bonds is 5. The van der Waals surface area contributed by atoms with Gasteiger partial charge in [-0.15, -0.1) is 10.2 Å². The number of nitrogen functional groups attached to an aromatic ring is 1. The number of nitrogens with two attached hydrogens (primary N) is 1. The van der Waals surface area contributed by atoms with Crippen molar-refractivity contribution in [2.75, 3.05) is 16.9 Å². The summed E-state index contributed by atoms with van der Waals surface area (Å²) in [4.78, 5) is 12.3. The fraction of sp³-hybridized carbons (Fsp3) is 0.235. The van der Waals surface area contributed by atoms with Crippen molar-refractivity contribution >= 4 is 34.1 Å². The number of anilines is 1. The van der Waals surface area contributed by atoms with Crippen LogP contribution < -0.4 is 11.2 Å². The van der Waals surface area contributed by atoms with Crippen LogP contribution in [0.2, 0.25) is 0 Å². The number of hydrogen-bond acceptors (Lipinski definition) is 5. The van der Waals surface area contributed by atoms with Crippen LogP contribution in [0.1, 0.15) is 24.6 Å². The van der Waals surface area contributed by atoms with E-state index in [9.17, 15) is 4.79 Å². The first-order valence-corrected chi connectivity index (χ1v) is 8.82. The molecule has 1 amide bonds. The van der Waals surface area contributed by atoms with E-state index in [1.54, 1.807) is 0 Å². The number of benzene rings is 2. The van der Waals surface area contributed by atoms with Crippen molar-refractivity contribution in [3.8, 4) is 0 Å². The van der Waals surface area contributed by atoms with Crippen molar-refractivity contribution in [1.29, 1.82) is 0 Å². The quantitative estimate of drug-likeness (QED) is 0.551. The highest BCUT2D eigenvalue weighted by atomic mass is 32.2. The van der Waals surface area contributed by atoms with Crippen LogP contribution >= 0.6 is 11.8 Å². The average Bonchev–Trinajstić information content (AvgIpc) is 3.37. The smallest absolute Gasteiger partial charge is 0.234 e. The van der Waals surface area contributed by atoms with E-state index in [4.69, 9.17) is 5.84 Å². The molecule has 3 aromatic rings. The number of thioether (sulfide) groups is 1. The van der Waals surface area contributed by atoms with Crippen molar-refractivity contribution in [3.63, 3.8) is 0 Å². The third-order valence-corrected chi connectivity index (χ3v) is 4.97. The molecule has 1 aromatic heterocycles. The summed E-state index contributed by atoms with van der Waals surface area (Å²) in [6.07, 6.45) is 2.23. The molecule has 24 heavy (non-hydrogen) atoms. The van der Waals surface area contributed by atoms with Crippen LogP contribution in [-0.2, 0) is 4.79 Å². The van der Waals surface area contributed by atoms with Crippen molar-refractivity contribution in [3.05, 3.63) is 48.3 Å². The molecule has 0 saturated heterocycles. The van der Waals surface area contributed by atoms with Crippen molar-refractivity contribution in [2.45, 2.75) is 23.9 Å². The monoisotopic (exact) mass is 339 g/mol. The minimum Gasteiger partial charge on any atom is -0.336 e. The molecule has 7 heteroatoms. The van der Waals surface area contributed by atoms with Crippen LogP contribution in [0.5, 0.6) is 0 Å². The molecular formula is C17H17N5OS. The van der Waals surface area contributed by atoms with Gasteiger partial charge in [-0.2, -0.15) is 0 Å². The molecule has 0 radical (unpaired) electrons. The maximum atomic E-state index is 12.3. The number of nitrogens with one attached hydrogen (secondary N) is 1. The Morgan fingerprint density at radius 2 is 2.00 bits per heavy atom. The molecule has 1 fully saturated rings. The van der Waals surface area contributed by atoms with E-state index in [2.05, 4.69) is 15.5 Å². The first-order valence-electron chi connectivity index (χ1n) is 7.83. The number of aromatic nitrogens is 3. The predicted octanol–water partition coefficient (Wildman–Crippen LogP) is 2.75. The molecule has 2 aromatic carbocycles. The highest BCUT2D eigenvalue weighted by Crippen LogP contribution is 2.39. The third kappa shape index (κ3) is 2.94. The molecule has 3 N–H and O–H groups in total. The summed E-state index contributed by atoms with van der Waals surface area (Å²) >= 11 is 1.30. The number of hydrogen-bond donors (Lipinski definition) is 2. The SMILES string of the molecule is Nn1c(SCC(=O)Nc2cccc3ccccc23)nnc1C1CC1. The molecule has 0 bridgehead atoms. The van der Waals surface area contributed by atoms with Gasteiger partial charge in [-0.1, -0.05) is 48.2 Å². The summed E-state index contributed by atoms with van der Waals surface area (Å²) in [5.74, 6) is 7.39. The van der Waals surface area contributed by atoms with Gasteiger partial charge in [0.2, 0.25) is 11.1 Å². The molecule has 0 atom stereocenters. The first-order chi connectivity index (χ1) is 11.7. The lowest BCUT2D eigenvalue weighted by molar-refractivity contribution is -0.113. The molecule has 1 aliphatic rings. The largest absolute Gasteiger partial charge is 0.336 e. The van der Waals surface area contributed by atoms with Crippen LogP contribution in [0.4, 0.5) is 5.69 Å². The molecule has 4 rings (SSSR count). The predicted molar refractivity (Wildman–Crippen MR) is 95.4 cm³/mol. The minimum atomic E-state index is -0.0904. The second-order valence-electron chi connectivity index (χ2n) is 5.85. The molecule has 1 heterocycles. The van der Waals surface area contributed by atoms with E-state index in [0.29, 0.717) is 11.1 Å². The first kappa shape index (κ1) is 15.0. The zero-order chi connectivity index (χ0) is 16.5. The number of carbonyl (C=O) groups is 1. The maximum Gasteiger partial charge on any atom is 0.234 e. The molecule has 1 aliphatic carbocycles. The Bertz CT molecular complexity index is 898. The third-order valence-electron chi connectivity index (χ3n) is 4.03. The Morgan fingerprint density at radius 3 is 2.83 bits per heavy atom. The van der Waals surface area contributed by atoms with Crippen LogP contribution in [0, 0.1) is 0 Å². The number of fused-ring (bicyclic) bond motifs is 1. The van der Waals surface area contributed by atoms with E-state index in [1.165, 1.54) is 16.4 Å². The standard InChI is InChI=1S/C17H17N5OS/c18-22-16(12-8-9-12)20-21-17(22)24-10-15(23)19-14-7-3-5-11-4-1-2-6-13(11)14/h1-7,12H,8-10,18H2,(H,19,23). The molecule has 0 aliphatic heterocycles. The van der Waals surface area contributed by atoms with Gasteiger partial charge >= 0.3 is 0 Å². The van der Waals surface area contributed by atoms with Gasteiger partial charge in [0.05, 0.1) is 5.75 Å². The van der Waals surface area contributed by atoms with Gasteiger partial charge in [0.1, 0.15) is 0 Å². The molecule has 6 nitrogen and oxygen atoms in total. The Kier molecular flexibility index (Phi) is 3.86. The van der Waals surface area contributed by atoms with Crippen molar-refractivity contribution in [2.24, 2.45) is 0 Å². The number of nitrogens with zero attached hydrogens (tertiary/aromatic N) is 3. The molecule has 0 spiro atoms. The second-order valence-corrected chi connectivity index (χ2v) is 6.79. The van der Waals surface area contributed by atoms with Gasteiger partial charge in [0.25, 0.3) is 0 Å². The number of amides is 1. The van der Waals surface area contributed by atoms with Gasteiger partial charge in [-0.3, -0.25) is 4.79 Å². The second kappa shape index (κ2) is 6.16. The minimum absolute atomic E-state index is 0.0904. The van der Waals surface area contributed by atoms with Crippen LogP contribution in [0.15, 0.2) is 47.6 Å². The zero-order valence-electron chi connectivity index (χ0n) is 13.0. The van der Waals surface area contributed by atoms with Gasteiger partial charge in [0.15, 0.2) is 5.82 Å². The lowest BCUT2D eigenvalue weighted by atomic mass is 10.1. The summed E-state index contributed by atoms with van der Waals surface area (Å²) in [5.41, 5.74) is 0.812. The fourth-order valence-electron chi connectivity index (χ4n) is 2.66. The van der Waals surface area contributed by atoms with Crippen molar-refractivity contribution in [1.82, 2.24) is 14.9 Å². The van der Waals surface area contributed by atoms with Gasteiger partial charge in [-0.25, -0.2) is 4.68 Å².